The predicted molar refractivity (Wildman–Crippen MR) is 119 cm³/mol. The first-order valence-corrected chi connectivity index (χ1v) is 10.6. The molecule has 0 saturated carbocycles. The maximum atomic E-state index is 13.3. The van der Waals surface area contributed by atoms with Crippen LogP contribution in [0.2, 0.25) is 0 Å². The second-order valence-electron chi connectivity index (χ2n) is 7.93. The van der Waals surface area contributed by atoms with Gasteiger partial charge in [-0.2, -0.15) is 0 Å². The number of hydrogen-bond donors (Lipinski definition) is 2. The number of amides is 2. The first kappa shape index (κ1) is 20.2. The Bertz CT molecular complexity index is 921. The normalized spacial score (nSPS) is 17.5. The number of carbonyl (C=O) groups excluding carboxylic acids is 1. The largest absolute Gasteiger partial charge is 0.378 e. The van der Waals surface area contributed by atoms with Crippen molar-refractivity contribution >= 4 is 6.03 Å². The molecular formula is C26H28N2O2. The van der Waals surface area contributed by atoms with E-state index in [4.69, 9.17) is 0 Å². The number of carbonyl (C=O) groups is 1. The van der Waals surface area contributed by atoms with Crippen LogP contribution < -0.4 is 5.32 Å². The zero-order valence-electron chi connectivity index (χ0n) is 17.2. The van der Waals surface area contributed by atoms with Crippen LogP contribution in [0.15, 0.2) is 91.0 Å². The molecule has 30 heavy (non-hydrogen) atoms. The van der Waals surface area contributed by atoms with E-state index in [-0.39, 0.29) is 18.1 Å². The van der Waals surface area contributed by atoms with E-state index in [0.717, 1.165) is 29.5 Å². The molecule has 1 heterocycles. The topological polar surface area (TPSA) is 52.6 Å². The minimum Gasteiger partial charge on any atom is -0.378 e. The predicted octanol–water partition coefficient (Wildman–Crippen LogP) is 4.86. The lowest BCUT2D eigenvalue weighted by Gasteiger charge is -2.40. The lowest BCUT2D eigenvalue weighted by atomic mass is 9.79. The first-order valence-electron chi connectivity index (χ1n) is 10.6. The van der Waals surface area contributed by atoms with Crippen molar-refractivity contribution in [1.29, 1.82) is 0 Å². The minimum absolute atomic E-state index is 0.110. The molecule has 2 amide bonds. The molecule has 4 rings (SSSR count). The van der Waals surface area contributed by atoms with Gasteiger partial charge in [-0.05, 0) is 36.5 Å². The van der Waals surface area contributed by atoms with E-state index in [1.54, 1.807) is 4.90 Å². The maximum Gasteiger partial charge on any atom is 0.318 e. The Hall–Kier alpha value is -3.11. The molecule has 4 nitrogen and oxygen atoms in total. The van der Waals surface area contributed by atoms with Crippen LogP contribution in [0.3, 0.4) is 0 Å². The fraction of sp³-hybridized carbons (Fsp3) is 0.269. The number of likely N-dealkylation sites (tertiary alicyclic amines) is 1. The highest BCUT2D eigenvalue weighted by Gasteiger charge is 2.47. The standard InChI is InChI=1S/C26H28N2O2/c1-20(21-12-5-2-6-13-21)27-25(29)28-19-11-18-24(28)26(30,22-14-7-3-8-15-22)23-16-9-4-10-17-23/h2-10,12-17,20,24,30H,11,18-19H2,1H3,(H,27,29)/t20-,24+/m0/s1. The Labute approximate surface area is 178 Å². The number of nitrogens with zero attached hydrogens (tertiary/aromatic N) is 1. The number of urea groups is 1. The molecule has 1 fully saturated rings. The molecule has 1 aliphatic rings. The number of aliphatic hydroxyl groups is 1. The van der Waals surface area contributed by atoms with Crippen molar-refractivity contribution in [3.8, 4) is 0 Å². The third kappa shape index (κ3) is 3.83. The molecule has 3 aromatic rings. The van der Waals surface area contributed by atoms with Gasteiger partial charge in [0.05, 0.1) is 12.1 Å². The van der Waals surface area contributed by atoms with Crippen molar-refractivity contribution in [2.24, 2.45) is 0 Å². The van der Waals surface area contributed by atoms with Crippen molar-refractivity contribution in [3.05, 3.63) is 108 Å². The number of nitrogens with one attached hydrogen (secondary N) is 1. The number of hydrogen-bond acceptors (Lipinski definition) is 2. The van der Waals surface area contributed by atoms with Crippen LogP contribution in [0.4, 0.5) is 4.79 Å². The summed E-state index contributed by atoms with van der Waals surface area (Å²) >= 11 is 0. The van der Waals surface area contributed by atoms with Crippen LogP contribution in [0.25, 0.3) is 0 Å². The third-order valence-electron chi connectivity index (χ3n) is 6.06. The molecule has 4 heteroatoms. The smallest absolute Gasteiger partial charge is 0.318 e. The summed E-state index contributed by atoms with van der Waals surface area (Å²) in [6.07, 6.45) is 1.60. The third-order valence-corrected chi connectivity index (χ3v) is 6.06. The Balaban J connectivity index is 1.65. The summed E-state index contributed by atoms with van der Waals surface area (Å²) in [5.41, 5.74) is 1.39. The molecule has 2 atom stereocenters. The van der Waals surface area contributed by atoms with Crippen LogP contribution in [0, 0.1) is 0 Å². The molecule has 1 saturated heterocycles. The van der Waals surface area contributed by atoms with Gasteiger partial charge in [-0.25, -0.2) is 4.79 Å². The van der Waals surface area contributed by atoms with E-state index < -0.39 is 5.60 Å². The maximum absolute atomic E-state index is 13.3. The van der Waals surface area contributed by atoms with E-state index in [1.807, 2.05) is 97.9 Å². The second-order valence-corrected chi connectivity index (χ2v) is 7.93. The average Bonchev–Trinajstić information content (AvgIpc) is 3.31. The highest BCUT2D eigenvalue weighted by Crippen LogP contribution is 2.40. The van der Waals surface area contributed by atoms with E-state index in [2.05, 4.69) is 5.32 Å². The molecule has 0 radical (unpaired) electrons. The fourth-order valence-electron chi connectivity index (χ4n) is 4.47. The highest BCUT2D eigenvalue weighted by molar-refractivity contribution is 5.76. The van der Waals surface area contributed by atoms with Gasteiger partial charge in [-0.15, -0.1) is 0 Å². The van der Waals surface area contributed by atoms with Gasteiger partial charge in [-0.1, -0.05) is 91.0 Å². The Morgan fingerprint density at radius 1 is 0.933 bits per heavy atom. The molecule has 2 N–H and O–H groups in total. The highest BCUT2D eigenvalue weighted by atomic mass is 16.3. The molecule has 154 valence electrons. The second kappa shape index (κ2) is 8.72. The van der Waals surface area contributed by atoms with E-state index in [0.29, 0.717) is 6.54 Å². The van der Waals surface area contributed by atoms with E-state index in [1.165, 1.54) is 0 Å². The zero-order valence-corrected chi connectivity index (χ0v) is 17.2. The lowest BCUT2D eigenvalue weighted by molar-refractivity contribution is 0.00834. The zero-order chi connectivity index (χ0) is 21.0. The van der Waals surface area contributed by atoms with Crippen molar-refractivity contribution in [1.82, 2.24) is 10.2 Å². The lowest BCUT2D eigenvalue weighted by Crippen LogP contribution is -2.53. The summed E-state index contributed by atoms with van der Waals surface area (Å²) in [4.78, 5) is 15.1. The van der Waals surface area contributed by atoms with Crippen LogP contribution >= 0.6 is 0 Å². The quantitative estimate of drug-likeness (QED) is 0.643. The summed E-state index contributed by atoms with van der Waals surface area (Å²) < 4.78 is 0. The average molecular weight is 401 g/mol. The summed E-state index contributed by atoms with van der Waals surface area (Å²) in [6, 6.07) is 28.7. The van der Waals surface area contributed by atoms with Gasteiger partial charge >= 0.3 is 6.03 Å². The van der Waals surface area contributed by atoms with Crippen LogP contribution in [-0.2, 0) is 5.60 Å². The molecule has 1 aliphatic heterocycles. The minimum atomic E-state index is -1.27. The van der Waals surface area contributed by atoms with Crippen LogP contribution in [0.1, 0.15) is 42.5 Å². The van der Waals surface area contributed by atoms with Crippen molar-refractivity contribution in [3.63, 3.8) is 0 Å². The summed E-state index contributed by atoms with van der Waals surface area (Å²) in [7, 11) is 0. The number of benzene rings is 3. The van der Waals surface area contributed by atoms with Gasteiger partial charge in [0.2, 0.25) is 0 Å². The van der Waals surface area contributed by atoms with Gasteiger partial charge in [-0.3, -0.25) is 0 Å². The van der Waals surface area contributed by atoms with Gasteiger partial charge in [0, 0.05) is 6.54 Å². The van der Waals surface area contributed by atoms with Gasteiger partial charge in [0.1, 0.15) is 5.60 Å². The van der Waals surface area contributed by atoms with Gasteiger partial charge < -0.3 is 15.3 Å². The Kier molecular flexibility index (Phi) is 5.86. The van der Waals surface area contributed by atoms with Crippen molar-refractivity contribution < 1.29 is 9.90 Å². The summed E-state index contributed by atoms with van der Waals surface area (Å²) in [5, 5.41) is 15.2. The molecule has 0 bridgehead atoms. The molecule has 0 aliphatic carbocycles. The van der Waals surface area contributed by atoms with Gasteiger partial charge in [0.15, 0.2) is 0 Å². The van der Waals surface area contributed by atoms with Gasteiger partial charge in [0.25, 0.3) is 0 Å². The van der Waals surface area contributed by atoms with Crippen molar-refractivity contribution in [2.75, 3.05) is 6.54 Å². The summed E-state index contributed by atoms with van der Waals surface area (Å²) in [5.74, 6) is 0. The molecule has 0 aromatic heterocycles. The van der Waals surface area contributed by atoms with E-state index in [9.17, 15) is 9.90 Å². The van der Waals surface area contributed by atoms with Crippen LogP contribution in [0.5, 0.6) is 0 Å². The van der Waals surface area contributed by atoms with E-state index >= 15 is 0 Å². The molecule has 0 unspecified atom stereocenters. The monoisotopic (exact) mass is 400 g/mol. The molecular weight excluding hydrogens is 372 g/mol. The summed E-state index contributed by atoms with van der Waals surface area (Å²) in [6.45, 7) is 2.61. The first-order chi connectivity index (χ1) is 14.6. The number of rotatable bonds is 5. The van der Waals surface area contributed by atoms with Crippen molar-refractivity contribution in [2.45, 2.75) is 37.5 Å². The van der Waals surface area contributed by atoms with Crippen LogP contribution in [-0.4, -0.2) is 28.6 Å². The Morgan fingerprint density at radius 2 is 1.43 bits per heavy atom. The molecule has 0 spiro atoms. The SMILES string of the molecule is C[C@H](NC(=O)N1CCC[C@@H]1C(O)(c1ccccc1)c1ccccc1)c1ccccc1. The fourth-order valence-corrected chi connectivity index (χ4v) is 4.47. The Morgan fingerprint density at radius 3 is 1.97 bits per heavy atom. The molecule has 3 aromatic carbocycles.